The lowest BCUT2D eigenvalue weighted by Crippen LogP contribution is -1.83. The van der Waals surface area contributed by atoms with E-state index in [2.05, 4.69) is 46.8 Å². The van der Waals surface area contributed by atoms with Gasteiger partial charge in [-0.1, -0.05) is 42.1 Å². The molecule has 0 radical (unpaired) electrons. The summed E-state index contributed by atoms with van der Waals surface area (Å²) in [6, 6.07) is 8.31. The van der Waals surface area contributed by atoms with Crippen molar-refractivity contribution in [2.75, 3.05) is 0 Å². The Kier molecular flexibility index (Phi) is 2.07. The fourth-order valence-corrected chi connectivity index (χ4v) is 2.59. The molecule has 0 atom stereocenters. The monoisotopic (exact) mass is 211 g/mol. The first-order valence-corrected chi connectivity index (χ1v) is 5.71. The van der Waals surface area contributed by atoms with Crippen LogP contribution in [-0.4, -0.2) is 4.98 Å². The van der Waals surface area contributed by atoms with Crippen LogP contribution in [0.4, 0.5) is 0 Å². The second-order valence-electron chi connectivity index (χ2n) is 3.36. The molecule has 0 unspecified atom stereocenters. The van der Waals surface area contributed by atoms with Crippen molar-refractivity contribution in [3.05, 3.63) is 53.6 Å². The highest BCUT2D eigenvalue weighted by atomic mass is 32.2. The van der Waals surface area contributed by atoms with E-state index in [0.717, 1.165) is 5.52 Å². The molecule has 15 heavy (non-hydrogen) atoms. The fourth-order valence-electron chi connectivity index (χ4n) is 1.72. The number of hydrogen-bond acceptors (Lipinski definition) is 2. The van der Waals surface area contributed by atoms with E-state index in [1.807, 2.05) is 12.3 Å². The molecule has 1 aliphatic rings. The maximum Gasteiger partial charge on any atom is 0.0713 e. The fraction of sp³-hybridized carbons (Fsp3) is 0. The molecule has 0 aliphatic carbocycles. The molecule has 1 aromatic heterocycles. The SMILES string of the molecule is C1=CSc2c(ccc3ncccc23)C=C1. The molecule has 72 valence electrons. The summed E-state index contributed by atoms with van der Waals surface area (Å²) in [6.45, 7) is 0. The molecule has 1 nitrogen and oxygen atoms in total. The average molecular weight is 211 g/mol. The van der Waals surface area contributed by atoms with E-state index in [4.69, 9.17) is 0 Å². The van der Waals surface area contributed by atoms with Crippen LogP contribution in [0.3, 0.4) is 0 Å². The molecule has 3 rings (SSSR count). The van der Waals surface area contributed by atoms with E-state index in [1.54, 1.807) is 11.8 Å². The number of nitrogens with zero attached hydrogens (tertiary/aromatic N) is 1. The highest BCUT2D eigenvalue weighted by Gasteiger charge is 2.06. The number of pyridine rings is 1. The van der Waals surface area contributed by atoms with E-state index in [1.165, 1.54) is 15.8 Å². The minimum atomic E-state index is 1.06. The molecule has 0 spiro atoms. The molecule has 2 heteroatoms. The topological polar surface area (TPSA) is 12.9 Å². The van der Waals surface area contributed by atoms with Gasteiger partial charge in [-0.25, -0.2) is 0 Å². The normalized spacial score (nSPS) is 13.9. The Balaban J connectivity index is 2.38. The standard InChI is InChI=1S/C13H9NS/c1-2-9-15-13-10(4-1)6-7-12-11(13)5-3-8-14-12/h1-9H. The molecule has 1 aromatic carbocycles. The van der Waals surface area contributed by atoms with Crippen molar-refractivity contribution in [3.8, 4) is 0 Å². The maximum absolute atomic E-state index is 4.36. The van der Waals surface area contributed by atoms with Gasteiger partial charge in [-0.2, -0.15) is 0 Å². The Labute approximate surface area is 92.5 Å². The van der Waals surface area contributed by atoms with E-state index >= 15 is 0 Å². The molecule has 1 aliphatic heterocycles. The predicted molar refractivity (Wildman–Crippen MR) is 65.8 cm³/mol. The van der Waals surface area contributed by atoms with Gasteiger partial charge in [0.05, 0.1) is 5.52 Å². The average Bonchev–Trinajstić information content (AvgIpc) is 2.54. The van der Waals surface area contributed by atoms with Crippen LogP contribution >= 0.6 is 11.8 Å². The van der Waals surface area contributed by atoms with Gasteiger partial charge in [-0.3, -0.25) is 4.98 Å². The smallest absolute Gasteiger partial charge is 0.0713 e. The highest BCUT2D eigenvalue weighted by Crippen LogP contribution is 2.33. The largest absolute Gasteiger partial charge is 0.256 e. The lowest BCUT2D eigenvalue weighted by Gasteiger charge is -2.06. The van der Waals surface area contributed by atoms with Gasteiger partial charge in [0.2, 0.25) is 0 Å². The zero-order chi connectivity index (χ0) is 10.1. The summed E-state index contributed by atoms with van der Waals surface area (Å²) in [7, 11) is 0. The van der Waals surface area contributed by atoms with Crippen LogP contribution in [0.5, 0.6) is 0 Å². The Bertz CT molecular complexity index is 570. The summed E-state index contributed by atoms with van der Waals surface area (Å²) in [5.41, 5.74) is 2.33. The minimum absolute atomic E-state index is 1.06. The van der Waals surface area contributed by atoms with Crippen molar-refractivity contribution >= 4 is 28.7 Å². The summed E-state index contributed by atoms with van der Waals surface area (Å²) >= 11 is 1.76. The Morgan fingerprint density at radius 3 is 3.07 bits per heavy atom. The van der Waals surface area contributed by atoms with Crippen LogP contribution < -0.4 is 0 Å². The molecule has 0 saturated carbocycles. The van der Waals surface area contributed by atoms with Crippen molar-refractivity contribution in [1.82, 2.24) is 4.98 Å². The number of rotatable bonds is 0. The van der Waals surface area contributed by atoms with Gasteiger partial charge in [0.15, 0.2) is 0 Å². The third-order valence-electron chi connectivity index (χ3n) is 2.42. The first-order valence-electron chi connectivity index (χ1n) is 4.83. The number of aromatic nitrogens is 1. The van der Waals surface area contributed by atoms with Gasteiger partial charge in [0, 0.05) is 16.5 Å². The number of hydrogen-bond donors (Lipinski definition) is 0. The van der Waals surface area contributed by atoms with Gasteiger partial charge >= 0.3 is 0 Å². The first kappa shape index (κ1) is 8.74. The third kappa shape index (κ3) is 1.47. The van der Waals surface area contributed by atoms with E-state index < -0.39 is 0 Å². The van der Waals surface area contributed by atoms with Gasteiger partial charge in [-0.15, -0.1) is 0 Å². The van der Waals surface area contributed by atoms with Gasteiger partial charge in [0.25, 0.3) is 0 Å². The minimum Gasteiger partial charge on any atom is -0.256 e. The van der Waals surface area contributed by atoms with Crippen LogP contribution in [0.25, 0.3) is 17.0 Å². The third-order valence-corrected chi connectivity index (χ3v) is 3.40. The summed E-state index contributed by atoms with van der Waals surface area (Å²) in [6.07, 6.45) is 8.11. The van der Waals surface area contributed by atoms with E-state index in [-0.39, 0.29) is 0 Å². The summed E-state index contributed by atoms with van der Waals surface area (Å²) < 4.78 is 0. The molecular weight excluding hydrogens is 202 g/mol. The second-order valence-corrected chi connectivity index (χ2v) is 4.28. The molecule has 0 fully saturated rings. The van der Waals surface area contributed by atoms with Gasteiger partial charge in [0.1, 0.15) is 0 Å². The van der Waals surface area contributed by atoms with Crippen molar-refractivity contribution < 1.29 is 0 Å². The molecule has 0 saturated heterocycles. The molecule has 0 amide bonds. The van der Waals surface area contributed by atoms with Crippen molar-refractivity contribution in [3.63, 3.8) is 0 Å². The quantitative estimate of drug-likeness (QED) is 0.656. The Morgan fingerprint density at radius 2 is 2.07 bits per heavy atom. The summed E-state index contributed by atoms with van der Waals surface area (Å²) in [4.78, 5) is 5.66. The van der Waals surface area contributed by atoms with Crippen LogP contribution in [0.15, 0.2) is 52.9 Å². The number of thioether (sulfide) groups is 1. The lowest BCUT2D eigenvalue weighted by molar-refractivity contribution is 1.38. The summed E-state index contributed by atoms with van der Waals surface area (Å²) in [5.74, 6) is 0. The van der Waals surface area contributed by atoms with Crippen molar-refractivity contribution in [2.45, 2.75) is 4.90 Å². The second kappa shape index (κ2) is 3.55. The first-order chi connectivity index (χ1) is 7.45. The zero-order valence-electron chi connectivity index (χ0n) is 8.05. The van der Waals surface area contributed by atoms with Crippen LogP contribution in [0.2, 0.25) is 0 Å². The van der Waals surface area contributed by atoms with Gasteiger partial charge < -0.3 is 0 Å². The van der Waals surface area contributed by atoms with Crippen LogP contribution in [-0.2, 0) is 0 Å². The van der Waals surface area contributed by atoms with Crippen LogP contribution in [0.1, 0.15) is 5.56 Å². The van der Waals surface area contributed by atoms with Crippen LogP contribution in [0, 0.1) is 0 Å². The summed E-state index contributed by atoms with van der Waals surface area (Å²) in [5, 5.41) is 3.34. The molecule has 0 N–H and O–H groups in total. The molecule has 0 bridgehead atoms. The van der Waals surface area contributed by atoms with E-state index in [0.29, 0.717) is 0 Å². The van der Waals surface area contributed by atoms with E-state index in [9.17, 15) is 0 Å². The van der Waals surface area contributed by atoms with Gasteiger partial charge in [-0.05, 0) is 23.1 Å². The molecule has 2 heterocycles. The number of allylic oxidation sites excluding steroid dienone is 2. The Morgan fingerprint density at radius 1 is 1.07 bits per heavy atom. The zero-order valence-corrected chi connectivity index (χ0v) is 8.87. The predicted octanol–water partition coefficient (Wildman–Crippen LogP) is 3.87. The maximum atomic E-state index is 4.36. The lowest BCUT2D eigenvalue weighted by atomic mass is 10.1. The molecule has 2 aromatic rings. The Hall–Kier alpha value is -1.54. The molecular formula is C13H9NS. The number of benzene rings is 1. The number of fused-ring (bicyclic) bond motifs is 3. The highest BCUT2D eigenvalue weighted by molar-refractivity contribution is 8.02. The van der Waals surface area contributed by atoms with Crippen molar-refractivity contribution in [1.29, 1.82) is 0 Å². The van der Waals surface area contributed by atoms with Crippen molar-refractivity contribution in [2.24, 2.45) is 0 Å².